The predicted molar refractivity (Wildman–Crippen MR) is 125 cm³/mol. The van der Waals surface area contributed by atoms with E-state index in [1.54, 1.807) is 6.07 Å². The second kappa shape index (κ2) is 7.27. The zero-order valence-corrected chi connectivity index (χ0v) is 17.1. The Morgan fingerprint density at radius 1 is 0.833 bits per heavy atom. The Morgan fingerprint density at radius 3 is 2.33 bits per heavy atom. The van der Waals surface area contributed by atoms with E-state index < -0.39 is 0 Å². The van der Waals surface area contributed by atoms with Crippen molar-refractivity contribution in [2.75, 3.05) is 0 Å². The summed E-state index contributed by atoms with van der Waals surface area (Å²) in [5, 5.41) is 2.13. The molecule has 0 aliphatic carbocycles. The summed E-state index contributed by atoms with van der Waals surface area (Å²) in [6, 6.07) is 28.7. The summed E-state index contributed by atoms with van der Waals surface area (Å²) in [5.74, 6) is 0. The van der Waals surface area contributed by atoms with Gasteiger partial charge in [-0.25, -0.2) is 4.98 Å². The molecule has 0 aliphatic rings. The van der Waals surface area contributed by atoms with Crippen molar-refractivity contribution >= 4 is 21.8 Å². The van der Waals surface area contributed by atoms with E-state index in [0.29, 0.717) is 6.54 Å². The van der Waals surface area contributed by atoms with E-state index in [0.717, 1.165) is 44.2 Å². The lowest BCUT2D eigenvalue weighted by Crippen LogP contribution is -2.18. The summed E-state index contributed by atoms with van der Waals surface area (Å²) in [6.07, 6.45) is 0. The highest BCUT2D eigenvalue weighted by Gasteiger charge is 2.14. The Hall–Kier alpha value is -3.72. The summed E-state index contributed by atoms with van der Waals surface area (Å²) in [6.45, 7) is 4.73. The first-order valence-corrected chi connectivity index (χ1v) is 10.3. The van der Waals surface area contributed by atoms with Crippen molar-refractivity contribution in [1.29, 1.82) is 0 Å². The van der Waals surface area contributed by atoms with Crippen molar-refractivity contribution in [1.82, 2.24) is 9.55 Å². The molecule has 5 aromatic rings. The minimum atomic E-state index is 0.0230. The van der Waals surface area contributed by atoms with E-state index in [1.807, 2.05) is 35.8 Å². The molecule has 0 aliphatic heterocycles. The predicted octanol–water partition coefficient (Wildman–Crippen LogP) is 6.21. The van der Waals surface area contributed by atoms with Crippen LogP contribution in [-0.4, -0.2) is 9.55 Å². The maximum Gasteiger partial charge on any atom is 0.251 e. The normalized spacial score (nSPS) is 11.3. The molecule has 30 heavy (non-hydrogen) atoms. The Kier molecular flexibility index (Phi) is 4.44. The number of aryl methyl sites for hydroxylation is 2. The molecule has 2 heterocycles. The maximum atomic E-state index is 12.4. The van der Waals surface area contributed by atoms with E-state index >= 15 is 0 Å². The van der Waals surface area contributed by atoms with Gasteiger partial charge >= 0.3 is 0 Å². The average molecular weight is 390 g/mol. The fourth-order valence-corrected chi connectivity index (χ4v) is 4.16. The van der Waals surface area contributed by atoms with E-state index in [9.17, 15) is 4.79 Å². The highest BCUT2D eigenvalue weighted by molar-refractivity contribution is 6.13. The molecule has 3 nitrogen and oxygen atoms in total. The molecule has 0 atom stereocenters. The fraction of sp³-hybridized carbons (Fsp3) is 0.111. The second-order valence-electron chi connectivity index (χ2n) is 7.60. The van der Waals surface area contributed by atoms with Gasteiger partial charge in [-0.05, 0) is 49.2 Å². The lowest BCUT2D eigenvalue weighted by atomic mass is 9.95. The van der Waals surface area contributed by atoms with Gasteiger partial charge in [0, 0.05) is 28.9 Å². The lowest BCUT2D eigenvalue weighted by Gasteiger charge is -2.15. The highest BCUT2D eigenvalue weighted by atomic mass is 16.1. The molecule has 0 bridgehead atoms. The maximum absolute atomic E-state index is 12.4. The van der Waals surface area contributed by atoms with Gasteiger partial charge in [0.2, 0.25) is 0 Å². The Balaban J connectivity index is 1.91. The summed E-state index contributed by atoms with van der Waals surface area (Å²) in [5.41, 5.74) is 7.44. The van der Waals surface area contributed by atoms with Gasteiger partial charge in [0.05, 0.1) is 16.7 Å². The summed E-state index contributed by atoms with van der Waals surface area (Å²) >= 11 is 0. The Labute approximate surface area is 175 Å². The van der Waals surface area contributed by atoms with E-state index in [1.165, 1.54) is 5.56 Å². The first-order chi connectivity index (χ1) is 14.7. The molecule has 0 fully saturated rings. The van der Waals surface area contributed by atoms with Crippen LogP contribution in [0.5, 0.6) is 0 Å². The molecule has 0 saturated carbocycles. The van der Waals surface area contributed by atoms with Crippen LogP contribution >= 0.6 is 0 Å². The van der Waals surface area contributed by atoms with Gasteiger partial charge in [0.25, 0.3) is 5.56 Å². The largest absolute Gasteiger partial charge is 0.309 e. The Bertz CT molecular complexity index is 1430. The number of nitrogens with zero attached hydrogens (tertiary/aromatic N) is 2. The molecule has 0 radical (unpaired) electrons. The average Bonchev–Trinajstić information content (AvgIpc) is 2.79. The summed E-state index contributed by atoms with van der Waals surface area (Å²) in [4.78, 5) is 17.4. The van der Waals surface area contributed by atoms with Crippen LogP contribution in [0.15, 0.2) is 89.7 Å². The lowest BCUT2D eigenvalue weighted by molar-refractivity contribution is 0.760. The van der Waals surface area contributed by atoms with Gasteiger partial charge < -0.3 is 4.57 Å². The topological polar surface area (TPSA) is 34.9 Å². The summed E-state index contributed by atoms with van der Waals surface area (Å²) in [7, 11) is 0. The zero-order chi connectivity index (χ0) is 20.7. The van der Waals surface area contributed by atoms with E-state index in [2.05, 4.69) is 61.5 Å². The molecule has 0 spiro atoms. The molecule has 0 N–H and O–H groups in total. The van der Waals surface area contributed by atoms with Gasteiger partial charge in [0.1, 0.15) is 0 Å². The van der Waals surface area contributed by atoms with Crippen LogP contribution in [0.1, 0.15) is 12.5 Å². The SMILES string of the molecule is CCn1c(=O)ccc2c3c(-c4ccccc4)cc(-c4ccc(C)cc4)nc3ccc21. The van der Waals surface area contributed by atoms with Crippen LogP contribution in [0.4, 0.5) is 0 Å². The van der Waals surface area contributed by atoms with Gasteiger partial charge in [-0.1, -0.05) is 60.2 Å². The molecule has 0 amide bonds. The van der Waals surface area contributed by atoms with E-state index in [-0.39, 0.29) is 5.56 Å². The number of aromatic nitrogens is 2. The van der Waals surface area contributed by atoms with Gasteiger partial charge in [-0.2, -0.15) is 0 Å². The quantitative estimate of drug-likeness (QED) is 0.343. The number of rotatable bonds is 3. The molecular formula is C27H22N2O. The highest BCUT2D eigenvalue weighted by Crippen LogP contribution is 2.36. The van der Waals surface area contributed by atoms with Crippen molar-refractivity contribution < 1.29 is 0 Å². The Morgan fingerprint density at radius 2 is 1.60 bits per heavy atom. The van der Waals surface area contributed by atoms with Crippen LogP contribution in [-0.2, 0) is 6.54 Å². The van der Waals surface area contributed by atoms with Crippen molar-refractivity contribution in [3.63, 3.8) is 0 Å². The molecule has 0 saturated heterocycles. The molecule has 3 heteroatoms. The molecule has 146 valence electrons. The van der Waals surface area contributed by atoms with Crippen molar-refractivity contribution in [3.8, 4) is 22.4 Å². The number of hydrogen-bond acceptors (Lipinski definition) is 2. The van der Waals surface area contributed by atoms with Gasteiger partial charge in [-0.3, -0.25) is 4.79 Å². The van der Waals surface area contributed by atoms with Crippen LogP contribution in [0.25, 0.3) is 44.2 Å². The molecular weight excluding hydrogens is 368 g/mol. The molecule has 3 aromatic carbocycles. The zero-order valence-electron chi connectivity index (χ0n) is 17.1. The number of fused-ring (bicyclic) bond motifs is 3. The molecule has 2 aromatic heterocycles. The van der Waals surface area contributed by atoms with Crippen molar-refractivity contribution in [3.05, 3.63) is 101 Å². The van der Waals surface area contributed by atoms with Gasteiger partial charge in [0.15, 0.2) is 0 Å². The second-order valence-corrected chi connectivity index (χ2v) is 7.60. The third kappa shape index (κ3) is 3.00. The number of hydrogen-bond donors (Lipinski definition) is 0. The monoisotopic (exact) mass is 390 g/mol. The first-order valence-electron chi connectivity index (χ1n) is 10.3. The minimum Gasteiger partial charge on any atom is -0.309 e. The molecule has 0 unspecified atom stereocenters. The van der Waals surface area contributed by atoms with E-state index in [4.69, 9.17) is 4.98 Å². The number of benzene rings is 3. The standard InChI is InChI=1S/C27H22N2O/c1-3-29-25-15-14-23-27(21(25)13-16-26(29)30)22(19-7-5-4-6-8-19)17-24(28-23)20-11-9-18(2)10-12-20/h4-17H,3H2,1-2H3. The first kappa shape index (κ1) is 18.3. The smallest absolute Gasteiger partial charge is 0.251 e. The van der Waals surface area contributed by atoms with Crippen LogP contribution in [0, 0.1) is 6.92 Å². The third-order valence-corrected chi connectivity index (χ3v) is 5.69. The van der Waals surface area contributed by atoms with Crippen molar-refractivity contribution in [2.24, 2.45) is 0 Å². The fourth-order valence-electron chi connectivity index (χ4n) is 4.16. The third-order valence-electron chi connectivity index (χ3n) is 5.69. The van der Waals surface area contributed by atoms with Crippen molar-refractivity contribution in [2.45, 2.75) is 20.4 Å². The van der Waals surface area contributed by atoms with Crippen LogP contribution in [0.3, 0.4) is 0 Å². The van der Waals surface area contributed by atoms with Crippen LogP contribution in [0.2, 0.25) is 0 Å². The minimum absolute atomic E-state index is 0.0230. The van der Waals surface area contributed by atoms with Crippen LogP contribution < -0.4 is 5.56 Å². The van der Waals surface area contributed by atoms with Gasteiger partial charge in [-0.15, -0.1) is 0 Å². The number of pyridine rings is 2. The summed E-state index contributed by atoms with van der Waals surface area (Å²) < 4.78 is 1.82. The molecule has 5 rings (SSSR count).